The minimum atomic E-state index is -0.823. The lowest BCUT2D eigenvalue weighted by Crippen LogP contribution is -2.15. The van der Waals surface area contributed by atoms with Crippen molar-refractivity contribution in [2.75, 3.05) is 5.32 Å². The van der Waals surface area contributed by atoms with Gasteiger partial charge in [0.2, 0.25) is 0 Å². The van der Waals surface area contributed by atoms with Gasteiger partial charge in [0.1, 0.15) is 17.4 Å². The molecule has 6 heteroatoms. The molecule has 1 amide bonds. The Balaban J connectivity index is 1.74. The summed E-state index contributed by atoms with van der Waals surface area (Å²) >= 11 is 0. The highest BCUT2D eigenvalue weighted by Crippen LogP contribution is 2.23. The van der Waals surface area contributed by atoms with E-state index in [-0.39, 0.29) is 16.9 Å². The summed E-state index contributed by atoms with van der Waals surface area (Å²) < 4.78 is 32.5. The first-order valence-corrected chi connectivity index (χ1v) is 8.09. The van der Waals surface area contributed by atoms with E-state index in [1.54, 1.807) is 13.0 Å². The molecule has 0 aromatic heterocycles. The second kappa shape index (κ2) is 7.78. The van der Waals surface area contributed by atoms with E-state index in [1.165, 1.54) is 60.7 Å². The molecule has 0 aliphatic carbocycles. The van der Waals surface area contributed by atoms with Gasteiger partial charge in [-0.15, -0.1) is 0 Å². The van der Waals surface area contributed by atoms with E-state index in [0.29, 0.717) is 11.3 Å². The van der Waals surface area contributed by atoms with Gasteiger partial charge < -0.3 is 10.1 Å². The molecule has 0 unspecified atom stereocenters. The number of halogens is 2. The molecule has 0 atom stereocenters. The molecule has 0 heterocycles. The Bertz CT molecular complexity index is 1020. The van der Waals surface area contributed by atoms with Crippen LogP contribution in [0.25, 0.3) is 0 Å². The lowest BCUT2D eigenvalue weighted by molar-refractivity contribution is 0.0729. The Hall–Kier alpha value is -3.54. The van der Waals surface area contributed by atoms with Crippen molar-refractivity contribution in [2.45, 2.75) is 6.92 Å². The van der Waals surface area contributed by atoms with Gasteiger partial charge in [-0.3, -0.25) is 4.79 Å². The zero-order valence-corrected chi connectivity index (χ0v) is 14.3. The Morgan fingerprint density at radius 2 is 1.44 bits per heavy atom. The predicted molar refractivity (Wildman–Crippen MR) is 96.9 cm³/mol. The number of anilines is 1. The van der Waals surface area contributed by atoms with Crippen LogP contribution in [-0.2, 0) is 0 Å². The normalized spacial score (nSPS) is 10.3. The van der Waals surface area contributed by atoms with E-state index in [1.807, 2.05) is 0 Å². The average molecular weight is 367 g/mol. The fourth-order valence-corrected chi connectivity index (χ4v) is 2.46. The Morgan fingerprint density at radius 1 is 0.852 bits per heavy atom. The van der Waals surface area contributed by atoms with E-state index >= 15 is 0 Å². The molecule has 0 bridgehead atoms. The molecular weight excluding hydrogens is 352 g/mol. The van der Waals surface area contributed by atoms with E-state index in [9.17, 15) is 18.4 Å². The first-order valence-electron chi connectivity index (χ1n) is 8.09. The standard InChI is InChI=1S/C21H15F2NO3/c1-13-12-14(27-21(26)16-7-3-5-9-18(16)23)10-11-19(13)24-20(25)15-6-2-4-8-17(15)22/h2-12H,1H3,(H,24,25). The van der Waals surface area contributed by atoms with E-state index in [0.717, 1.165) is 0 Å². The van der Waals surface area contributed by atoms with Crippen LogP contribution in [0.4, 0.5) is 14.5 Å². The summed E-state index contributed by atoms with van der Waals surface area (Å²) in [6.07, 6.45) is 0. The molecule has 136 valence electrons. The molecule has 0 fully saturated rings. The van der Waals surface area contributed by atoms with E-state index < -0.39 is 23.5 Å². The van der Waals surface area contributed by atoms with E-state index in [4.69, 9.17) is 4.74 Å². The number of carbonyl (C=O) groups excluding carboxylic acids is 2. The van der Waals surface area contributed by atoms with Gasteiger partial charge in [0, 0.05) is 5.69 Å². The van der Waals surface area contributed by atoms with Crippen molar-refractivity contribution in [3.8, 4) is 5.75 Å². The first kappa shape index (κ1) is 18.3. The average Bonchev–Trinajstić information content (AvgIpc) is 2.64. The minimum Gasteiger partial charge on any atom is -0.423 e. The highest BCUT2D eigenvalue weighted by Gasteiger charge is 2.15. The van der Waals surface area contributed by atoms with Crippen LogP contribution in [0.15, 0.2) is 66.7 Å². The fourth-order valence-electron chi connectivity index (χ4n) is 2.46. The third-order valence-electron chi connectivity index (χ3n) is 3.87. The number of ether oxygens (including phenoxy) is 1. The number of carbonyl (C=O) groups is 2. The van der Waals surface area contributed by atoms with Crippen molar-refractivity contribution in [1.82, 2.24) is 0 Å². The van der Waals surface area contributed by atoms with Crippen LogP contribution in [0.3, 0.4) is 0 Å². The summed E-state index contributed by atoms with van der Waals surface area (Å²) in [6, 6.07) is 15.7. The number of esters is 1. The highest BCUT2D eigenvalue weighted by atomic mass is 19.1. The largest absolute Gasteiger partial charge is 0.423 e. The zero-order valence-electron chi connectivity index (χ0n) is 14.3. The van der Waals surface area contributed by atoms with Crippen LogP contribution < -0.4 is 10.1 Å². The van der Waals surface area contributed by atoms with Crippen LogP contribution >= 0.6 is 0 Å². The third-order valence-corrected chi connectivity index (χ3v) is 3.87. The van der Waals surface area contributed by atoms with Crippen molar-refractivity contribution in [2.24, 2.45) is 0 Å². The van der Waals surface area contributed by atoms with Gasteiger partial charge in [-0.25, -0.2) is 13.6 Å². The van der Waals surface area contributed by atoms with Gasteiger partial charge in [0.05, 0.1) is 11.1 Å². The lowest BCUT2D eigenvalue weighted by Gasteiger charge is -2.11. The molecule has 1 N–H and O–H groups in total. The Kier molecular flexibility index (Phi) is 5.26. The molecule has 0 spiro atoms. The van der Waals surface area contributed by atoms with E-state index in [2.05, 4.69) is 5.32 Å². The summed E-state index contributed by atoms with van der Waals surface area (Å²) in [5, 5.41) is 2.61. The van der Waals surface area contributed by atoms with Crippen molar-refractivity contribution in [3.05, 3.63) is 95.1 Å². The highest BCUT2D eigenvalue weighted by molar-refractivity contribution is 6.04. The van der Waals surface area contributed by atoms with Crippen LogP contribution in [0.1, 0.15) is 26.3 Å². The Labute approximate surface area is 154 Å². The van der Waals surface area contributed by atoms with Gasteiger partial charge in [-0.05, 0) is 55.0 Å². The SMILES string of the molecule is Cc1cc(OC(=O)c2ccccc2F)ccc1NC(=O)c1ccccc1F. The lowest BCUT2D eigenvalue weighted by atomic mass is 10.1. The predicted octanol–water partition coefficient (Wildman–Crippen LogP) is 4.74. The maximum Gasteiger partial charge on any atom is 0.346 e. The van der Waals surface area contributed by atoms with Gasteiger partial charge >= 0.3 is 5.97 Å². The second-order valence-electron chi connectivity index (χ2n) is 5.78. The summed E-state index contributed by atoms with van der Waals surface area (Å²) in [5.74, 6) is -2.51. The summed E-state index contributed by atoms with van der Waals surface area (Å²) in [5.41, 5.74) is 0.784. The van der Waals surface area contributed by atoms with Gasteiger partial charge in [0.25, 0.3) is 5.91 Å². The molecule has 0 saturated carbocycles. The minimum absolute atomic E-state index is 0.0769. The third kappa shape index (κ3) is 4.17. The number of hydrogen-bond donors (Lipinski definition) is 1. The number of benzene rings is 3. The number of nitrogens with one attached hydrogen (secondary N) is 1. The molecular formula is C21H15F2NO3. The molecule has 4 nitrogen and oxygen atoms in total. The zero-order chi connectivity index (χ0) is 19.4. The Morgan fingerprint density at radius 3 is 2.04 bits per heavy atom. The molecule has 3 aromatic rings. The van der Waals surface area contributed by atoms with Gasteiger partial charge in [-0.2, -0.15) is 0 Å². The molecule has 0 radical (unpaired) electrons. The summed E-state index contributed by atoms with van der Waals surface area (Å²) in [7, 11) is 0. The quantitative estimate of drug-likeness (QED) is 0.535. The molecule has 27 heavy (non-hydrogen) atoms. The number of aryl methyl sites for hydroxylation is 1. The van der Waals surface area contributed by atoms with Crippen molar-refractivity contribution in [3.63, 3.8) is 0 Å². The van der Waals surface area contributed by atoms with Gasteiger partial charge in [-0.1, -0.05) is 24.3 Å². The molecule has 3 aromatic carbocycles. The number of hydrogen-bond acceptors (Lipinski definition) is 3. The van der Waals surface area contributed by atoms with Crippen molar-refractivity contribution in [1.29, 1.82) is 0 Å². The molecule has 0 saturated heterocycles. The van der Waals surface area contributed by atoms with Crippen molar-refractivity contribution < 1.29 is 23.1 Å². The summed E-state index contributed by atoms with van der Waals surface area (Å²) in [6.45, 7) is 1.69. The molecule has 0 aliphatic heterocycles. The molecule has 0 aliphatic rings. The summed E-state index contributed by atoms with van der Waals surface area (Å²) in [4.78, 5) is 24.3. The first-order chi connectivity index (χ1) is 13.0. The van der Waals surface area contributed by atoms with Crippen LogP contribution in [-0.4, -0.2) is 11.9 Å². The smallest absolute Gasteiger partial charge is 0.346 e. The second-order valence-corrected chi connectivity index (χ2v) is 5.78. The topological polar surface area (TPSA) is 55.4 Å². The molecule has 3 rings (SSSR count). The maximum atomic E-state index is 13.7. The number of rotatable bonds is 4. The fraction of sp³-hybridized carbons (Fsp3) is 0.0476. The van der Waals surface area contributed by atoms with Gasteiger partial charge in [0.15, 0.2) is 0 Å². The number of amides is 1. The monoisotopic (exact) mass is 367 g/mol. The van der Waals surface area contributed by atoms with Crippen LogP contribution in [0.2, 0.25) is 0 Å². The maximum absolute atomic E-state index is 13.7. The van der Waals surface area contributed by atoms with Crippen molar-refractivity contribution >= 4 is 17.6 Å². The van der Waals surface area contributed by atoms with Crippen LogP contribution in [0.5, 0.6) is 5.75 Å². The van der Waals surface area contributed by atoms with Crippen LogP contribution in [0, 0.1) is 18.6 Å².